The second kappa shape index (κ2) is 8.06. The number of hydrogen-bond donors (Lipinski definition) is 0. The van der Waals surface area contributed by atoms with Crippen molar-refractivity contribution in [3.05, 3.63) is 36.5 Å². The van der Waals surface area contributed by atoms with Gasteiger partial charge in [-0.1, -0.05) is 12.1 Å². The number of hydrogen-bond acceptors (Lipinski definition) is 6. The average molecular weight is 432 g/mol. The molecule has 1 unspecified atom stereocenters. The molecule has 1 aromatic carbocycles. The number of fused-ring (bicyclic) bond motifs is 1. The first-order valence-corrected chi connectivity index (χ1v) is 11.5. The molecule has 3 rings (SSSR count). The van der Waals surface area contributed by atoms with Crippen LogP contribution in [0.3, 0.4) is 0 Å². The van der Waals surface area contributed by atoms with E-state index in [2.05, 4.69) is 4.98 Å². The first-order chi connectivity index (χ1) is 14.0. The van der Waals surface area contributed by atoms with Crippen LogP contribution in [0.1, 0.15) is 27.7 Å². The summed E-state index contributed by atoms with van der Waals surface area (Å²) in [6, 6.07) is 7.83. The number of carbonyl (C=O) groups excluding carboxylic acids is 2. The van der Waals surface area contributed by atoms with E-state index in [1.807, 2.05) is 6.92 Å². The van der Waals surface area contributed by atoms with Crippen molar-refractivity contribution in [3.8, 4) is 11.3 Å². The molecule has 1 aliphatic heterocycles. The van der Waals surface area contributed by atoms with E-state index >= 15 is 0 Å². The summed E-state index contributed by atoms with van der Waals surface area (Å²) in [4.78, 5) is 32.7. The number of amides is 2. The first-order valence-electron chi connectivity index (χ1n) is 9.57. The molecule has 9 heteroatoms. The zero-order valence-electron chi connectivity index (χ0n) is 17.6. The van der Waals surface area contributed by atoms with Crippen LogP contribution in [-0.2, 0) is 19.4 Å². The largest absolute Gasteiger partial charge is 0.446 e. The van der Waals surface area contributed by atoms with Gasteiger partial charge in [-0.2, -0.15) is 0 Å². The van der Waals surface area contributed by atoms with E-state index in [9.17, 15) is 18.0 Å². The Labute approximate surface area is 176 Å². The van der Waals surface area contributed by atoms with E-state index in [0.717, 1.165) is 6.26 Å². The second-order valence-corrected chi connectivity index (χ2v) is 9.65. The molecular formula is C21H25N3O5S. The standard InChI is InChI=1S/C21H25N3O5S/c1-13(2)29-21(26)23-12-14(3)24(15(4)25)20-11-22-18(10-19(20)23)16-6-8-17(9-7-16)30(5,27)28/h6-11,13-14H,12H2,1-5H3. The molecule has 2 amide bonds. The van der Waals surface area contributed by atoms with Gasteiger partial charge in [0.25, 0.3) is 0 Å². The minimum atomic E-state index is -3.30. The molecule has 1 aromatic heterocycles. The van der Waals surface area contributed by atoms with Gasteiger partial charge in [0.05, 0.1) is 40.3 Å². The molecule has 0 fully saturated rings. The predicted octanol–water partition coefficient (Wildman–Crippen LogP) is 3.26. The van der Waals surface area contributed by atoms with Crippen LogP contribution in [0, 0.1) is 0 Å². The average Bonchev–Trinajstić information content (AvgIpc) is 2.65. The minimum absolute atomic E-state index is 0.146. The summed E-state index contributed by atoms with van der Waals surface area (Å²) in [5.74, 6) is -0.146. The Morgan fingerprint density at radius 1 is 1.17 bits per heavy atom. The van der Waals surface area contributed by atoms with E-state index < -0.39 is 15.9 Å². The maximum atomic E-state index is 12.7. The van der Waals surface area contributed by atoms with Crippen LogP contribution in [0.5, 0.6) is 0 Å². The first kappa shape index (κ1) is 21.8. The van der Waals surface area contributed by atoms with Crippen LogP contribution in [0.25, 0.3) is 11.3 Å². The Kier molecular flexibility index (Phi) is 5.85. The molecule has 0 saturated carbocycles. The molecule has 160 valence electrons. The lowest BCUT2D eigenvalue weighted by Crippen LogP contribution is -2.51. The number of nitrogens with zero attached hydrogens (tertiary/aromatic N) is 3. The Hall–Kier alpha value is -2.94. The summed E-state index contributed by atoms with van der Waals surface area (Å²) in [5, 5.41) is 0. The van der Waals surface area contributed by atoms with E-state index in [1.54, 1.807) is 43.1 Å². The number of carbonyl (C=O) groups is 2. The van der Waals surface area contributed by atoms with Crippen molar-refractivity contribution < 1.29 is 22.7 Å². The van der Waals surface area contributed by atoms with Gasteiger partial charge in [0.1, 0.15) is 0 Å². The second-order valence-electron chi connectivity index (χ2n) is 7.64. The number of sulfone groups is 1. The van der Waals surface area contributed by atoms with Gasteiger partial charge in [-0.25, -0.2) is 13.2 Å². The lowest BCUT2D eigenvalue weighted by atomic mass is 10.1. The smallest absolute Gasteiger partial charge is 0.414 e. The molecule has 1 atom stereocenters. The van der Waals surface area contributed by atoms with Crippen LogP contribution < -0.4 is 9.80 Å². The summed E-state index contributed by atoms with van der Waals surface area (Å²) in [6.07, 6.45) is 1.93. The van der Waals surface area contributed by atoms with Gasteiger partial charge in [0.2, 0.25) is 5.91 Å². The highest BCUT2D eigenvalue weighted by atomic mass is 32.2. The van der Waals surface area contributed by atoms with Gasteiger partial charge < -0.3 is 9.64 Å². The number of pyridine rings is 1. The van der Waals surface area contributed by atoms with Gasteiger partial charge in [-0.15, -0.1) is 0 Å². The molecule has 0 bridgehead atoms. The molecule has 0 radical (unpaired) electrons. The lowest BCUT2D eigenvalue weighted by molar-refractivity contribution is -0.117. The topological polar surface area (TPSA) is 96.9 Å². The van der Waals surface area contributed by atoms with E-state index in [1.165, 1.54) is 24.0 Å². The fraction of sp³-hybridized carbons (Fsp3) is 0.381. The molecule has 8 nitrogen and oxygen atoms in total. The number of ether oxygens (including phenoxy) is 1. The van der Waals surface area contributed by atoms with Crippen molar-refractivity contribution in [2.75, 3.05) is 22.6 Å². The third-order valence-electron chi connectivity index (χ3n) is 4.77. The zero-order valence-corrected chi connectivity index (χ0v) is 18.4. The minimum Gasteiger partial charge on any atom is -0.446 e. The van der Waals surface area contributed by atoms with Crippen molar-refractivity contribution in [3.63, 3.8) is 0 Å². The predicted molar refractivity (Wildman–Crippen MR) is 114 cm³/mol. The third-order valence-corrected chi connectivity index (χ3v) is 5.90. The third kappa shape index (κ3) is 4.30. The van der Waals surface area contributed by atoms with Crippen molar-refractivity contribution in [1.82, 2.24) is 4.98 Å². The van der Waals surface area contributed by atoms with Crippen molar-refractivity contribution in [2.45, 2.75) is 44.7 Å². The van der Waals surface area contributed by atoms with E-state index in [0.29, 0.717) is 22.6 Å². The fourth-order valence-electron chi connectivity index (χ4n) is 3.47. The highest BCUT2D eigenvalue weighted by Gasteiger charge is 2.35. The molecule has 0 aliphatic carbocycles. The monoisotopic (exact) mass is 431 g/mol. The summed E-state index contributed by atoms with van der Waals surface area (Å²) < 4.78 is 28.8. The number of rotatable bonds is 3. The van der Waals surface area contributed by atoms with Gasteiger partial charge in [-0.05, 0) is 39.0 Å². The molecule has 0 N–H and O–H groups in total. The lowest BCUT2D eigenvalue weighted by Gasteiger charge is -2.40. The Morgan fingerprint density at radius 3 is 2.33 bits per heavy atom. The van der Waals surface area contributed by atoms with Crippen molar-refractivity contribution in [1.29, 1.82) is 0 Å². The number of anilines is 2. The summed E-state index contributed by atoms with van der Waals surface area (Å²) in [5.41, 5.74) is 2.29. The maximum Gasteiger partial charge on any atom is 0.414 e. The van der Waals surface area contributed by atoms with Crippen LogP contribution in [0.15, 0.2) is 41.4 Å². The van der Waals surface area contributed by atoms with Crippen LogP contribution >= 0.6 is 0 Å². The normalized spacial score (nSPS) is 16.4. The molecule has 0 saturated heterocycles. The molecule has 0 spiro atoms. The van der Waals surface area contributed by atoms with Gasteiger partial charge in [0, 0.05) is 25.3 Å². The molecule has 30 heavy (non-hydrogen) atoms. The van der Waals surface area contributed by atoms with Crippen molar-refractivity contribution >= 4 is 33.2 Å². The van der Waals surface area contributed by atoms with Crippen molar-refractivity contribution in [2.24, 2.45) is 0 Å². The fourth-order valence-corrected chi connectivity index (χ4v) is 4.10. The van der Waals surface area contributed by atoms with Crippen LogP contribution in [0.2, 0.25) is 0 Å². The van der Waals surface area contributed by atoms with E-state index in [4.69, 9.17) is 4.74 Å². The quantitative estimate of drug-likeness (QED) is 0.740. The summed E-state index contributed by atoms with van der Waals surface area (Å²) in [6.45, 7) is 7.16. The molecular weight excluding hydrogens is 406 g/mol. The van der Waals surface area contributed by atoms with Gasteiger partial charge in [-0.3, -0.25) is 14.7 Å². The summed E-state index contributed by atoms with van der Waals surface area (Å²) in [7, 11) is -3.30. The highest BCUT2D eigenvalue weighted by molar-refractivity contribution is 7.90. The van der Waals surface area contributed by atoms with Crippen LogP contribution in [-0.4, -0.2) is 50.3 Å². The SMILES string of the molecule is CC(=O)N1c2cnc(-c3ccc(S(C)(=O)=O)cc3)cc2N(C(=O)OC(C)C)CC1C. The number of aromatic nitrogens is 1. The Morgan fingerprint density at radius 2 is 1.80 bits per heavy atom. The molecule has 2 aromatic rings. The number of benzene rings is 1. The van der Waals surface area contributed by atoms with Gasteiger partial charge in [0.15, 0.2) is 9.84 Å². The Bertz CT molecular complexity index is 1080. The zero-order chi connectivity index (χ0) is 22.2. The molecule has 1 aliphatic rings. The highest BCUT2D eigenvalue weighted by Crippen LogP contribution is 2.38. The molecule has 2 heterocycles. The van der Waals surface area contributed by atoms with E-state index in [-0.39, 0.29) is 29.5 Å². The summed E-state index contributed by atoms with van der Waals surface area (Å²) >= 11 is 0. The van der Waals surface area contributed by atoms with Crippen LogP contribution in [0.4, 0.5) is 16.2 Å². The Balaban J connectivity index is 2.08. The maximum absolute atomic E-state index is 12.7. The van der Waals surface area contributed by atoms with Gasteiger partial charge >= 0.3 is 6.09 Å².